The van der Waals surface area contributed by atoms with Crippen molar-refractivity contribution in [3.05, 3.63) is 35.9 Å². The third-order valence-corrected chi connectivity index (χ3v) is 4.34. The van der Waals surface area contributed by atoms with Gasteiger partial charge in [-0.15, -0.1) is 0 Å². The zero-order valence-electron chi connectivity index (χ0n) is 13.6. The van der Waals surface area contributed by atoms with E-state index in [0.29, 0.717) is 39.1 Å². The Morgan fingerprint density at radius 2 is 1.96 bits per heavy atom. The zero-order chi connectivity index (χ0) is 16.7. The predicted octanol–water partition coefficient (Wildman–Crippen LogP) is 2.21. The molecule has 0 unspecified atom stereocenters. The largest absolute Gasteiger partial charge is 0.481 e. The fraction of sp³-hybridized carbons (Fsp3) is 0.556. The Balaban J connectivity index is 1.58. The van der Waals surface area contributed by atoms with Gasteiger partial charge in [-0.05, 0) is 24.3 Å². The third kappa shape index (κ3) is 5.36. The molecule has 1 aromatic rings. The molecule has 0 aromatic heterocycles. The van der Waals surface area contributed by atoms with E-state index in [-0.39, 0.29) is 11.8 Å². The van der Waals surface area contributed by atoms with Crippen LogP contribution in [0, 0.1) is 11.8 Å². The van der Waals surface area contributed by atoms with Crippen molar-refractivity contribution in [2.45, 2.75) is 26.2 Å². The number of benzene rings is 1. The second-order valence-corrected chi connectivity index (χ2v) is 6.17. The molecule has 1 saturated heterocycles. The summed E-state index contributed by atoms with van der Waals surface area (Å²) in [5.41, 5.74) is 1.24. The maximum absolute atomic E-state index is 12.1. The van der Waals surface area contributed by atoms with Crippen molar-refractivity contribution in [1.82, 2.24) is 4.90 Å². The van der Waals surface area contributed by atoms with Crippen molar-refractivity contribution in [1.29, 1.82) is 0 Å². The Kier molecular flexibility index (Phi) is 6.59. The third-order valence-electron chi connectivity index (χ3n) is 4.34. The lowest BCUT2D eigenvalue weighted by Crippen LogP contribution is -2.29. The summed E-state index contributed by atoms with van der Waals surface area (Å²) in [4.78, 5) is 24.8. The molecule has 1 aliphatic rings. The van der Waals surface area contributed by atoms with E-state index in [4.69, 9.17) is 9.84 Å². The Morgan fingerprint density at radius 1 is 1.22 bits per heavy atom. The highest BCUT2D eigenvalue weighted by Gasteiger charge is 2.36. The number of carboxylic acids is 1. The molecular formula is C18H25NO4. The number of rotatable bonds is 8. The van der Waals surface area contributed by atoms with E-state index < -0.39 is 11.9 Å². The fourth-order valence-corrected chi connectivity index (χ4v) is 2.91. The van der Waals surface area contributed by atoms with Gasteiger partial charge >= 0.3 is 5.97 Å². The van der Waals surface area contributed by atoms with Crippen molar-refractivity contribution in [3.8, 4) is 0 Å². The lowest BCUT2D eigenvalue weighted by molar-refractivity contribution is -0.142. The molecule has 0 bridgehead atoms. The van der Waals surface area contributed by atoms with Gasteiger partial charge in [-0.25, -0.2) is 0 Å². The van der Waals surface area contributed by atoms with Gasteiger partial charge in [0.05, 0.1) is 12.5 Å². The van der Waals surface area contributed by atoms with Crippen LogP contribution in [0.15, 0.2) is 30.3 Å². The van der Waals surface area contributed by atoms with Crippen molar-refractivity contribution in [2.24, 2.45) is 11.8 Å². The number of hydrogen-bond acceptors (Lipinski definition) is 3. The molecule has 23 heavy (non-hydrogen) atoms. The van der Waals surface area contributed by atoms with Crippen LogP contribution in [0.3, 0.4) is 0 Å². The van der Waals surface area contributed by atoms with Crippen molar-refractivity contribution in [3.63, 3.8) is 0 Å². The second-order valence-electron chi connectivity index (χ2n) is 6.17. The molecule has 2 atom stereocenters. The molecule has 1 aliphatic heterocycles. The standard InChI is InChI=1S/C18H25NO4/c1-14-12-19(13-16(14)18(21)22)17(20)8-5-10-23-11-9-15-6-3-2-4-7-15/h2-4,6-7,14,16H,5,8-13H2,1H3,(H,21,22)/t14-,16-/m1/s1. The van der Waals surface area contributed by atoms with Crippen LogP contribution < -0.4 is 0 Å². The number of likely N-dealkylation sites (tertiary alicyclic amines) is 1. The van der Waals surface area contributed by atoms with Crippen molar-refractivity contribution in [2.75, 3.05) is 26.3 Å². The first-order chi connectivity index (χ1) is 11.1. The number of nitrogens with zero attached hydrogens (tertiary/aromatic N) is 1. The van der Waals surface area contributed by atoms with E-state index in [0.717, 1.165) is 6.42 Å². The van der Waals surface area contributed by atoms with Crippen LogP contribution in [0.5, 0.6) is 0 Å². The van der Waals surface area contributed by atoms with E-state index in [1.165, 1.54) is 5.56 Å². The highest BCUT2D eigenvalue weighted by atomic mass is 16.5. The second kappa shape index (κ2) is 8.67. The summed E-state index contributed by atoms with van der Waals surface area (Å²) in [5.74, 6) is -1.18. The molecule has 1 heterocycles. The van der Waals surface area contributed by atoms with E-state index in [9.17, 15) is 9.59 Å². The van der Waals surface area contributed by atoms with Crippen LogP contribution in [0.2, 0.25) is 0 Å². The first-order valence-corrected chi connectivity index (χ1v) is 8.20. The number of carboxylic acid groups (broad SMARTS) is 1. The summed E-state index contributed by atoms with van der Waals surface area (Å²) in [6, 6.07) is 10.1. The molecular weight excluding hydrogens is 294 g/mol. The average molecular weight is 319 g/mol. The lowest BCUT2D eigenvalue weighted by atomic mass is 9.99. The number of carbonyl (C=O) groups excluding carboxylic acids is 1. The maximum Gasteiger partial charge on any atom is 0.308 e. The fourth-order valence-electron chi connectivity index (χ4n) is 2.91. The molecule has 126 valence electrons. The summed E-state index contributed by atoms with van der Waals surface area (Å²) in [5, 5.41) is 9.09. The molecule has 1 amide bonds. The topological polar surface area (TPSA) is 66.8 Å². The Labute approximate surface area is 137 Å². The summed E-state index contributed by atoms with van der Waals surface area (Å²) in [6.45, 7) is 3.98. The zero-order valence-corrected chi connectivity index (χ0v) is 13.6. The molecule has 0 spiro atoms. The Hall–Kier alpha value is -1.88. The monoisotopic (exact) mass is 319 g/mol. The number of aliphatic carboxylic acids is 1. The molecule has 1 aromatic carbocycles. The van der Waals surface area contributed by atoms with Crippen LogP contribution in [-0.2, 0) is 20.7 Å². The quantitative estimate of drug-likeness (QED) is 0.746. The van der Waals surface area contributed by atoms with Gasteiger partial charge in [0.15, 0.2) is 0 Å². The number of hydrogen-bond donors (Lipinski definition) is 1. The Bertz CT molecular complexity index is 517. The molecule has 0 saturated carbocycles. The van der Waals surface area contributed by atoms with E-state index in [2.05, 4.69) is 12.1 Å². The minimum Gasteiger partial charge on any atom is -0.481 e. The van der Waals surface area contributed by atoms with E-state index in [1.807, 2.05) is 25.1 Å². The molecule has 0 aliphatic carbocycles. The molecule has 5 nitrogen and oxygen atoms in total. The molecule has 5 heteroatoms. The smallest absolute Gasteiger partial charge is 0.308 e. The SMILES string of the molecule is C[C@@H]1CN(C(=O)CCCOCCc2ccccc2)C[C@H]1C(=O)O. The van der Waals surface area contributed by atoms with Gasteiger partial charge in [-0.1, -0.05) is 37.3 Å². The summed E-state index contributed by atoms with van der Waals surface area (Å²) in [6.07, 6.45) is 1.97. The number of amides is 1. The molecule has 1 fully saturated rings. The highest BCUT2D eigenvalue weighted by molar-refractivity contribution is 5.78. The highest BCUT2D eigenvalue weighted by Crippen LogP contribution is 2.23. The first-order valence-electron chi connectivity index (χ1n) is 8.20. The van der Waals surface area contributed by atoms with Crippen LogP contribution >= 0.6 is 0 Å². The van der Waals surface area contributed by atoms with Crippen molar-refractivity contribution >= 4 is 11.9 Å². The molecule has 1 N–H and O–H groups in total. The molecule has 0 radical (unpaired) electrons. The lowest BCUT2D eigenvalue weighted by Gasteiger charge is -2.15. The number of ether oxygens (including phenoxy) is 1. The van der Waals surface area contributed by atoms with E-state index >= 15 is 0 Å². The van der Waals surface area contributed by atoms with Gasteiger partial charge in [0.1, 0.15) is 0 Å². The van der Waals surface area contributed by atoms with E-state index in [1.54, 1.807) is 4.90 Å². The maximum atomic E-state index is 12.1. The van der Waals surface area contributed by atoms with Crippen LogP contribution in [0.4, 0.5) is 0 Å². The number of carbonyl (C=O) groups is 2. The summed E-state index contributed by atoms with van der Waals surface area (Å²) >= 11 is 0. The van der Waals surface area contributed by atoms with Gasteiger partial charge in [-0.3, -0.25) is 9.59 Å². The minimum atomic E-state index is -0.808. The summed E-state index contributed by atoms with van der Waals surface area (Å²) in [7, 11) is 0. The van der Waals surface area contributed by atoms with Crippen LogP contribution in [0.1, 0.15) is 25.3 Å². The van der Waals surface area contributed by atoms with Gasteiger partial charge in [0.2, 0.25) is 5.91 Å². The van der Waals surface area contributed by atoms with Gasteiger partial charge in [0, 0.05) is 26.1 Å². The van der Waals surface area contributed by atoms with Gasteiger partial charge in [0.25, 0.3) is 0 Å². The minimum absolute atomic E-state index is 0.0265. The average Bonchev–Trinajstić information content (AvgIpc) is 2.94. The van der Waals surface area contributed by atoms with Crippen molar-refractivity contribution < 1.29 is 19.4 Å². The van der Waals surface area contributed by atoms with Gasteiger partial charge in [-0.2, -0.15) is 0 Å². The Morgan fingerprint density at radius 3 is 2.61 bits per heavy atom. The summed E-state index contributed by atoms with van der Waals surface area (Å²) < 4.78 is 5.57. The first kappa shape index (κ1) is 17.5. The molecule has 2 rings (SSSR count). The van der Waals surface area contributed by atoms with Crippen LogP contribution in [-0.4, -0.2) is 48.2 Å². The van der Waals surface area contributed by atoms with Crippen LogP contribution in [0.25, 0.3) is 0 Å². The van der Waals surface area contributed by atoms with Gasteiger partial charge < -0.3 is 14.7 Å². The normalized spacial score (nSPS) is 20.7. The predicted molar refractivity (Wildman–Crippen MR) is 87.1 cm³/mol.